The lowest BCUT2D eigenvalue weighted by Gasteiger charge is -2.31. The summed E-state index contributed by atoms with van der Waals surface area (Å²) in [6.45, 7) is 0. The molecular formula is C28H23FN8O. The number of pyridine rings is 3. The minimum Gasteiger partial charge on any atom is -0.374 e. The molecule has 5 heterocycles. The highest BCUT2D eigenvalue weighted by Crippen LogP contribution is 2.33. The average Bonchev–Trinajstić information content (AvgIpc) is 3.51. The molecule has 1 fully saturated rings. The van der Waals surface area contributed by atoms with Gasteiger partial charge in [-0.2, -0.15) is 5.10 Å². The molecule has 0 aliphatic heterocycles. The van der Waals surface area contributed by atoms with Gasteiger partial charge >= 0.3 is 0 Å². The first kappa shape index (κ1) is 22.5. The van der Waals surface area contributed by atoms with Gasteiger partial charge in [-0.05, 0) is 48.7 Å². The summed E-state index contributed by atoms with van der Waals surface area (Å²) < 4.78 is 13.9. The van der Waals surface area contributed by atoms with E-state index in [1.807, 2.05) is 24.3 Å². The molecular weight excluding hydrogens is 483 g/mol. The van der Waals surface area contributed by atoms with Gasteiger partial charge in [-0.3, -0.25) is 15.1 Å². The average molecular weight is 507 g/mol. The molecule has 1 atom stereocenters. The highest BCUT2D eigenvalue weighted by atomic mass is 19.1. The smallest absolute Gasteiger partial charge is 0.160 e. The number of aliphatic hydroxyl groups is 1. The van der Waals surface area contributed by atoms with Crippen molar-refractivity contribution in [2.24, 2.45) is 5.92 Å². The Morgan fingerprint density at radius 3 is 2.79 bits per heavy atom. The number of hydrogen-bond acceptors (Lipinski definition) is 7. The number of nitrogens with zero attached hydrogens (tertiary/aromatic N) is 5. The Kier molecular flexibility index (Phi) is 5.33. The fraction of sp³-hybridized carbons (Fsp3) is 0.179. The number of halogens is 1. The highest BCUT2D eigenvalue weighted by molar-refractivity contribution is 5.96. The molecule has 1 aliphatic rings. The molecule has 0 amide bonds. The topological polar surface area (TPSA) is 128 Å². The van der Waals surface area contributed by atoms with Crippen LogP contribution in [0, 0.1) is 11.7 Å². The molecule has 1 aliphatic carbocycles. The van der Waals surface area contributed by atoms with Gasteiger partial charge in [0.15, 0.2) is 11.5 Å². The minimum absolute atomic E-state index is 0.279. The van der Waals surface area contributed by atoms with Gasteiger partial charge in [-0.25, -0.2) is 14.4 Å². The Balaban J connectivity index is 1.26. The lowest BCUT2D eigenvalue weighted by molar-refractivity contribution is 0.0851. The molecule has 6 aromatic rings. The van der Waals surface area contributed by atoms with E-state index in [4.69, 9.17) is 4.98 Å². The summed E-state index contributed by atoms with van der Waals surface area (Å²) in [5.74, 6) is 0.506. The molecule has 7 rings (SSSR count). The maximum absolute atomic E-state index is 13.9. The molecule has 4 N–H and O–H groups in total. The SMILES string of the molecule is OC(Nc1cncc(-c2cc3c(-c4nc5c(-c6cccc(F)c6)ccnc5[nH]4)n[nH]c3cn2)c1)C1CCC1. The number of aromatic amines is 2. The Labute approximate surface area is 216 Å². The van der Waals surface area contributed by atoms with Crippen LogP contribution in [-0.4, -0.2) is 46.5 Å². The maximum Gasteiger partial charge on any atom is 0.160 e. The van der Waals surface area contributed by atoms with E-state index in [-0.39, 0.29) is 11.7 Å². The maximum atomic E-state index is 13.9. The summed E-state index contributed by atoms with van der Waals surface area (Å²) in [6.07, 6.45) is 9.47. The van der Waals surface area contributed by atoms with Crippen LogP contribution in [0.5, 0.6) is 0 Å². The van der Waals surface area contributed by atoms with Gasteiger partial charge in [0.1, 0.15) is 23.3 Å². The van der Waals surface area contributed by atoms with E-state index in [0.29, 0.717) is 28.4 Å². The Morgan fingerprint density at radius 2 is 1.95 bits per heavy atom. The number of imidazole rings is 1. The number of fused-ring (bicyclic) bond motifs is 2. The number of H-pyrrole nitrogens is 2. The summed E-state index contributed by atoms with van der Waals surface area (Å²) in [4.78, 5) is 21.4. The molecule has 1 saturated carbocycles. The van der Waals surface area contributed by atoms with Gasteiger partial charge in [0.2, 0.25) is 0 Å². The summed E-state index contributed by atoms with van der Waals surface area (Å²) in [7, 11) is 0. The van der Waals surface area contributed by atoms with Crippen molar-refractivity contribution in [2.45, 2.75) is 25.5 Å². The first-order valence-corrected chi connectivity index (χ1v) is 12.5. The third-order valence-corrected chi connectivity index (χ3v) is 7.14. The second-order valence-electron chi connectivity index (χ2n) is 9.58. The number of rotatable bonds is 6. The lowest BCUT2D eigenvalue weighted by atomic mass is 9.84. The van der Waals surface area contributed by atoms with Gasteiger partial charge < -0.3 is 15.4 Å². The fourth-order valence-electron chi connectivity index (χ4n) is 4.87. The molecule has 1 unspecified atom stereocenters. The highest BCUT2D eigenvalue weighted by Gasteiger charge is 2.25. The van der Waals surface area contributed by atoms with E-state index in [1.165, 1.54) is 12.1 Å². The van der Waals surface area contributed by atoms with Crippen molar-refractivity contribution in [3.63, 3.8) is 0 Å². The Bertz CT molecular complexity index is 1790. The normalized spacial score (nSPS) is 14.6. The summed E-state index contributed by atoms with van der Waals surface area (Å²) in [5.41, 5.74) is 6.35. The number of nitrogens with one attached hydrogen (secondary N) is 3. The van der Waals surface area contributed by atoms with E-state index in [2.05, 4.69) is 35.5 Å². The van der Waals surface area contributed by atoms with Gasteiger partial charge in [0.05, 0.1) is 29.3 Å². The number of anilines is 1. The Morgan fingerprint density at radius 1 is 1.03 bits per heavy atom. The van der Waals surface area contributed by atoms with E-state index in [9.17, 15) is 9.50 Å². The first-order chi connectivity index (χ1) is 18.6. The second-order valence-corrected chi connectivity index (χ2v) is 9.58. The number of aromatic nitrogens is 7. The monoisotopic (exact) mass is 506 g/mol. The zero-order chi connectivity index (χ0) is 25.6. The van der Waals surface area contributed by atoms with Gasteiger partial charge in [0.25, 0.3) is 0 Å². The number of benzene rings is 1. The van der Waals surface area contributed by atoms with Gasteiger partial charge in [-0.1, -0.05) is 18.6 Å². The predicted octanol–water partition coefficient (Wildman–Crippen LogP) is 5.29. The third-order valence-electron chi connectivity index (χ3n) is 7.14. The molecule has 38 heavy (non-hydrogen) atoms. The standard InChI is InChI=1S/C28H23FN8O/c29-18-6-2-5-16(9-18)20-7-8-31-26-24(20)34-27(35-26)25-21-11-22(32-14-23(21)36-37-25)17-10-19(13-30-12-17)33-28(38)15-3-1-4-15/h2,5-15,28,33,38H,1,3-4H2,(H,36,37)(H,31,34,35). The quantitative estimate of drug-likeness (QED) is 0.226. The van der Waals surface area contributed by atoms with Gasteiger partial charge in [-0.15, -0.1) is 0 Å². The molecule has 9 nitrogen and oxygen atoms in total. The van der Waals surface area contributed by atoms with Crippen molar-refractivity contribution in [1.82, 2.24) is 35.1 Å². The van der Waals surface area contributed by atoms with Crippen LogP contribution in [0.25, 0.3) is 56.0 Å². The number of aliphatic hydroxyl groups excluding tert-OH is 1. The lowest BCUT2D eigenvalue weighted by Crippen LogP contribution is -2.33. The van der Waals surface area contributed by atoms with Crippen molar-refractivity contribution in [3.8, 4) is 33.9 Å². The minimum atomic E-state index is -0.587. The molecule has 5 aromatic heterocycles. The Hall–Kier alpha value is -4.70. The van der Waals surface area contributed by atoms with Crippen molar-refractivity contribution < 1.29 is 9.50 Å². The fourth-order valence-corrected chi connectivity index (χ4v) is 4.87. The molecule has 188 valence electrons. The van der Waals surface area contributed by atoms with Crippen LogP contribution in [0.3, 0.4) is 0 Å². The molecule has 1 aromatic carbocycles. The number of hydrogen-bond donors (Lipinski definition) is 4. The zero-order valence-electron chi connectivity index (χ0n) is 20.2. The van der Waals surface area contributed by atoms with Crippen molar-refractivity contribution >= 4 is 27.8 Å². The predicted molar refractivity (Wildman–Crippen MR) is 142 cm³/mol. The van der Waals surface area contributed by atoms with Crippen LogP contribution in [0.4, 0.5) is 10.1 Å². The molecule has 0 spiro atoms. The van der Waals surface area contributed by atoms with Crippen molar-refractivity contribution in [2.75, 3.05) is 5.32 Å². The molecule has 0 bridgehead atoms. The first-order valence-electron chi connectivity index (χ1n) is 12.5. The van der Waals surface area contributed by atoms with Crippen LogP contribution in [0.15, 0.2) is 67.3 Å². The van der Waals surface area contributed by atoms with Crippen LogP contribution in [0.1, 0.15) is 19.3 Å². The van der Waals surface area contributed by atoms with Crippen LogP contribution < -0.4 is 5.32 Å². The van der Waals surface area contributed by atoms with Crippen molar-refractivity contribution in [1.29, 1.82) is 0 Å². The van der Waals surface area contributed by atoms with E-state index >= 15 is 0 Å². The third kappa shape index (κ3) is 3.95. The zero-order valence-corrected chi connectivity index (χ0v) is 20.2. The van der Waals surface area contributed by atoms with Gasteiger partial charge in [0, 0.05) is 34.8 Å². The molecule has 0 radical (unpaired) electrons. The van der Waals surface area contributed by atoms with E-state index in [1.54, 1.807) is 30.9 Å². The van der Waals surface area contributed by atoms with Crippen LogP contribution in [-0.2, 0) is 0 Å². The van der Waals surface area contributed by atoms with Crippen molar-refractivity contribution in [3.05, 3.63) is 73.1 Å². The summed E-state index contributed by atoms with van der Waals surface area (Å²) >= 11 is 0. The van der Waals surface area contributed by atoms with Crippen LogP contribution in [0.2, 0.25) is 0 Å². The van der Waals surface area contributed by atoms with Crippen LogP contribution >= 0.6 is 0 Å². The van der Waals surface area contributed by atoms with E-state index < -0.39 is 6.23 Å². The molecule has 0 saturated heterocycles. The largest absolute Gasteiger partial charge is 0.374 e. The summed E-state index contributed by atoms with van der Waals surface area (Å²) in [6, 6.07) is 12.1. The molecule has 10 heteroatoms. The van der Waals surface area contributed by atoms with E-state index in [0.717, 1.165) is 52.5 Å². The summed E-state index contributed by atoms with van der Waals surface area (Å²) in [5, 5.41) is 21.9. The second kappa shape index (κ2) is 9.00.